The van der Waals surface area contributed by atoms with E-state index in [-0.39, 0.29) is 5.91 Å². The van der Waals surface area contributed by atoms with Crippen LogP contribution in [0.5, 0.6) is 0 Å². The van der Waals surface area contributed by atoms with Crippen LogP contribution in [0.4, 0.5) is 0 Å². The zero-order chi connectivity index (χ0) is 14.1. The van der Waals surface area contributed by atoms with E-state index in [4.69, 9.17) is 5.26 Å². The van der Waals surface area contributed by atoms with Crippen molar-refractivity contribution in [3.63, 3.8) is 0 Å². The molecule has 1 N–H and O–H groups in total. The molecule has 1 aromatic carbocycles. The smallest absolute Gasteiger partial charge is 0.224 e. The molecule has 0 heterocycles. The molecule has 4 nitrogen and oxygen atoms in total. The molecule has 0 fully saturated rings. The van der Waals surface area contributed by atoms with E-state index in [9.17, 15) is 4.79 Å². The van der Waals surface area contributed by atoms with Gasteiger partial charge >= 0.3 is 0 Å². The van der Waals surface area contributed by atoms with Crippen LogP contribution < -0.4 is 5.32 Å². The molecular formula is C15H21N3O. The summed E-state index contributed by atoms with van der Waals surface area (Å²) in [6.45, 7) is 6.71. The SMILES string of the molecule is CCNCCC(=O)N(CC)Cc1ccccc1C#N. The highest BCUT2D eigenvalue weighted by atomic mass is 16.2. The Bertz CT molecular complexity index is 451. The summed E-state index contributed by atoms with van der Waals surface area (Å²) in [5.74, 6) is 0.121. The Morgan fingerprint density at radius 1 is 1.37 bits per heavy atom. The van der Waals surface area contributed by atoms with Crippen LogP contribution in [0.2, 0.25) is 0 Å². The fourth-order valence-electron chi connectivity index (χ4n) is 1.88. The molecule has 0 aliphatic carbocycles. The summed E-state index contributed by atoms with van der Waals surface area (Å²) in [6.07, 6.45) is 0.496. The van der Waals surface area contributed by atoms with Gasteiger partial charge in [-0.1, -0.05) is 25.1 Å². The van der Waals surface area contributed by atoms with Crippen LogP contribution in [0.25, 0.3) is 0 Å². The highest BCUT2D eigenvalue weighted by Crippen LogP contribution is 2.11. The first kappa shape index (κ1) is 15.2. The topological polar surface area (TPSA) is 56.1 Å². The maximum atomic E-state index is 12.1. The molecule has 1 rings (SSSR count). The number of nitrogens with zero attached hydrogens (tertiary/aromatic N) is 2. The van der Waals surface area contributed by atoms with E-state index in [0.29, 0.717) is 31.6 Å². The number of rotatable bonds is 7. The number of hydrogen-bond acceptors (Lipinski definition) is 3. The first-order valence-electron chi connectivity index (χ1n) is 6.69. The molecule has 0 saturated heterocycles. The van der Waals surface area contributed by atoms with Crippen molar-refractivity contribution in [1.29, 1.82) is 5.26 Å². The molecule has 4 heteroatoms. The zero-order valence-electron chi connectivity index (χ0n) is 11.6. The minimum Gasteiger partial charge on any atom is -0.339 e. The third-order valence-electron chi connectivity index (χ3n) is 3.00. The summed E-state index contributed by atoms with van der Waals surface area (Å²) in [6, 6.07) is 9.59. The average molecular weight is 259 g/mol. The maximum absolute atomic E-state index is 12.1. The van der Waals surface area contributed by atoms with Crippen molar-refractivity contribution in [1.82, 2.24) is 10.2 Å². The molecule has 1 aromatic rings. The van der Waals surface area contributed by atoms with E-state index < -0.39 is 0 Å². The van der Waals surface area contributed by atoms with Crippen molar-refractivity contribution >= 4 is 5.91 Å². The second-order valence-electron chi connectivity index (χ2n) is 4.28. The van der Waals surface area contributed by atoms with Crippen LogP contribution in [0.3, 0.4) is 0 Å². The molecule has 102 valence electrons. The van der Waals surface area contributed by atoms with Crippen LogP contribution in [-0.4, -0.2) is 30.4 Å². The number of carbonyl (C=O) groups is 1. The summed E-state index contributed by atoms with van der Waals surface area (Å²) in [4.78, 5) is 13.8. The lowest BCUT2D eigenvalue weighted by molar-refractivity contribution is -0.131. The van der Waals surface area contributed by atoms with E-state index in [1.165, 1.54) is 0 Å². The maximum Gasteiger partial charge on any atom is 0.224 e. The van der Waals surface area contributed by atoms with Gasteiger partial charge in [0.2, 0.25) is 5.91 Å². The van der Waals surface area contributed by atoms with Crippen LogP contribution in [0.15, 0.2) is 24.3 Å². The van der Waals surface area contributed by atoms with Gasteiger partial charge in [0, 0.05) is 26.1 Å². The standard InChI is InChI=1S/C15H21N3O/c1-3-17-10-9-15(19)18(4-2)12-14-8-6-5-7-13(14)11-16/h5-8,17H,3-4,9-10,12H2,1-2H3. The molecule has 0 bridgehead atoms. The number of nitriles is 1. The predicted octanol–water partition coefficient (Wildman–Crippen LogP) is 1.91. The lowest BCUT2D eigenvalue weighted by Crippen LogP contribution is -2.32. The molecular weight excluding hydrogens is 238 g/mol. The normalized spacial score (nSPS) is 9.95. The number of nitrogens with one attached hydrogen (secondary N) is 1. The molecule has 0 spiro atoms. The monoisotopic (exact) mass is 259 g/mol. The summed E-state index contributed by atoms with van der Waals surface area (Å²) < 4.78 is 0. The van der Waals surface area contributed by atoms with Crippen molar-refractivity contribution in [3.8, 4) is 6.07 Å². The molecule has 19 heavy (non-hydrogen) atoms. The van der Waals surface area contributed by atoms with E-state index in [2.05, 4.69) is 11.4 Å². The Morgan fingerprint density at radius 2 is 2.11 bits per heavy atom. The lowest BCUT2D eigenvalue weighted by Gasteiger charge is -2.21. The fourth-order valence-corrected chi connectivity index (χ4v) is 1.88. The zero-order valence-corrected chi connectivity index (χ0v) is 11.6. The van der Waals surface area contributed by atoms with E-state index in [1.54, 1.807) is 11.0 Å². The van der Waals surface area contributed by atoms with E-state index in [0.717, 1.165) is 12.1 Å². The van der Waals surface area contributed by atoms with Gasteiger partial charge in [0.15, 0.2) is 0 Å². The van der Waals surface area contributed by atoms with Crippen molar-refractivity contribution in [3.05, 3.63) is 35.4 Å². The largest absolute Gasteiger partial charge is 0.339 e. The van der Waals surface area contributed by atoms with Gasteiger partial charge in [-0.2, -0.15) is 5.26 Å². The minimum absolute atomic E-state index is 0.121. The number of carbonyl (C=O) groups excluding carboxylic acids is 1. The van der Waals surface area contributed by atoms with Gasteiger partial charge in [0.05, 0.1) is 11.6 Å². The van der Waals surface area contributed by atoms with Crippen molar-refractivity contribution in [2.45, 2.75) is 26.8 Å². The summed E-state index contributed by atoms with van der Waals surface area (Å²) in [5, 5.41) is 12.2. The van der Waals surface area contributed by atoms with Crippen molar-refractivity contribution in [2.75, 3.05) is 19.6 Å². The third kappa shape index (κ3) is 4.72. The van der Waals surface area contributed by atoms with Gasteiger partial charge in [0.1, 0.15) is 0 Å². The molecule has 1 amide bonds. The molecule has 0 saturated carbocycles. The summed E-state index contributed by atoms with van der Waals surface area (Å²) in [5.41, 5.74) is 1.55. The Kier molecular flexibility index (Phi) is 6.62. The van der Waals surface area contributed by atoms with Crippen LogP contribution in [-0.2, 0) is 11.3 Å². The second-order valence-corrected chi connectivity index (χ2v) is 4.28. The van der Waals surface area contributed by atoms with E-state index >= 15 is 0 Å². The molecule has 0 atom stereocenters. The fraction of sp³-hybridized carbons (Fsp3) is 0.467. The third-order valence-corrected chi connectivity index (χ3v) is 3.00. The Balaban J connectivity index is 2.66. The lowest BCUT2D eigenvalue weighted by atomic mass is 10.1. The highest BCUT2D eigenvalue weighted by Gasteiger charge is 2.13. The van der Waals surface area contributed by atoms with Gasteiger partial charge in [-0.05, 0) is 25.1 Å². The Labute approximate surface area is 115 Å². The summed E-state index contributed by atoms with van der Waals surface area (Å²) in [7, 11) is 0. The van der Waals surface area contributed by atoms with E-state index in [1.807, 2.05) is 32.0 Å². The van der Waals surface area contributed by atoms with Gasteiger partial charge in [0.25, 0.3) is 0 Å². The van der Waals surface area contributed by atoms with Gasteiger partial charge in [-0.15, -0.1) is 0 Å². The number of hydrogen-bond donors (Lipinski definition) is 1. The number of benzene rings is 1. The second kappa shape index (κ2) is 8.28. The van der Waals surface area contributed by atoms with Crippen molar-refractivity contribution < 1.29 is 4.79 Å². The molecule has 0 aliphatic rings. The molecule has 0 unspecified atom stereocenters. The molecule has 0 aliphatic heterocycles. The molecule has 0 aromatic heterocycles. The quantitative estimate of drug-likeness (QED) is 0.761. The van der Waals surface area contributed by atoms with Gasteiger partial charge in [-0.3, -0.25) is 4.79 Å². The van der Waals surface area contributed by atoms with Crippen LogP contribution >= 0.6 is 0 Å². The van der Waals surface area contributed by atoms with Crippen molar-refractivity contribution in [2.24, 2.45) is 0 Å². The summed E-state index contributed by atoms with van der Waals surface area (Å²) >= 11 is 0. The molecule has 0 radical (unpaired) electrons. The predicted molar refractivity (Wildman–Crippen MR) is 75.4 cm³/mol. The van der Waals surface area contributed by atoms with Crippen LogP contribution in [0.1, 0.15) is 31.4 Å². The van der Waals surface area contributed by atoms with Crippen LogP contribution in [0, 0.1) is 11.3 Å². The number of amides is 1. The highest BCUT2D eigenvalue weighted by molar-refractivity contribution is 5.76. The van der Waals surface area contributed by atoms with Gasteiger partial charge in [-0.25, -0.2) is 0 Å². The van der Waals surface area contributed by atoms with Gasteiger partial charge < -0.3 is 10.2 Å². The Hall–Kier alpha value is -1.86. The average Bonchev–Trinajstić information content (AvgIpc) is 2.45. The Morgan fingerprint density at radius 3 is 2.74 bits per heavy atom. The first-order chi connectivity index (χ1) is 9.22. The minimum atomic E-state index is 0.121. The first-order valence-corrected chi connectivity index (χ1v) is 6.69.